The van der Waals surface area contributed by atoms with Crippen molar-refractivity contribution < 1.29 is 0 Å². The average Bonchev–Trinajstić information content (AvgIpc) is 3.79. The molecule has 0 aromatic carbocycles. The molecule has 0 spiro atoms. The number of allylic oxidation sites excluding steroid dienone is 16. The minimum Gasteiger partial charge on any atom is -0.0620 e. The molecule has 8 aliphatic heterocycles. The van der Waals surface area contributed by atoms with E-state index in [0.29, 0.717) is 10.8 Å². The highest BCUT2D eigenvalue weighted by Gasteiger charge is 2.54. The first kappa shape index (κ1) is 30.3. The highest BCUT2D eigenvalue weighted by atomic mass is 31.1. The second kappa shape index (κ2) is 9.58. The summed E-state index contributed by atoms with van der Waals surface area (Å²) in [4.78, 5) is 0. The van der Waals surface area contributed by atoms with Gasteiger partial charge >= 0.3 is 0 Å². The SMILES string of the molecule is CC1=C(C)[P@@]2C[C@@H]1C(C)=C2C1=C(C)[C@@]2(C)C[P@]1C(C)=C2C.CC1=C(C)[P@]2C[C@H]1C(C)=C2C1=C(C)[C@]2(C)C[P@@]1C(C)=C2C. The molecule has 8 heterocycles. The maximum atomic E-state index is 2.50. The van der Waals surface area contributed by atoms with Crippen LogP contribution < -0.4 is 0 Å². The lowest BCUT2D eigenvalue weighted by atomic mass is 9.78. The molecule has 8 rings (SSSR count). The molecule has 0 N–H and O–H groups in total. The summed E-state index contributed by atoms with van der Waals surface area (Å²) in [7, 11) is 0.0183. The Morgan fingerprint density at radius 2 is 0.738 bits per heavy atom. The number of rotatable bonds is 2. The Morgan fingerprint density at radius 3 is 1.02 bits per heavy atom. The van der Waals surface area contributed by atoms with Crippen LogP contribution in [0.1, 0.15) is 96.9 Å². The van der Waals surface area contributed by atoms with Gasteiger partial charge < -0.3 is 0 Å². The van der Waals surface area contributed by atoms with E-state index in [9.17, 15) is 0 Å². The van der Waals surface area contributed by atoms with Crippen LogP contribution >= 0.6 is 31.7 Å². The van der Waals surface area contributed by atoms with Crippen molar-refractivity contribution in [2.45, 2.75) is 96.9 Å². The smallest absolute Gasteiger partial charge is 0.0148 e. The van der Waals surface area contributed by atoms with Crippen LogP contribution in [-0.4, -0.2) is 24.6 Å². The highest BCUT2D eigenvalue weighted by Crippen LogP contribution is 2.82. The van der Waals surface area contributed by atoms with Crippen molar-refractivity contribution in [3.8, 4) is 0 Å². The van der Waals surface area contributed by atoms with Gasteiger partial charge in [0.15, 0.2) is 0 Å². The molecule has 0 radical (unpaired) electrons. The number of fused-ring (bicyclic) bond motifs is 8. The first-order valence-electron chi connectivity index (χ1n) is 16.2. The molecule has 42 heavy (non-hydrogen) atoms. The van der Waals surface area contributed by atoms with E-state index in [2.05, 4.69) is 96.9 Å². The fourth-order valence-corrected chi connectivity index (χ4v) is 25.0. The fourth-order valence-electron chi connectivity index (χ4n) is 9.81. The standard InChI is InChI=1S/2C19H26P2/c2*1-10-14(5)20-8-16(10)11(2)17(20)18-13(4)19(7)9-21(18)15(6)12(19)3/h2*16H,8-9H2,1-7H3/t2*16-,19-,20+,21+/m10/s1. The van der Waals surface area contributed by atoms with Gasteiger partial charge in [0.1, 0.15) is 0 Å². The maximum Gasteiger partial charge on any atom is 0.0148 e. The van der Waals surface area contributed by atoms with Gasteiger partial charge in [-0.15, -0.1) is 0 Å². The van der Waals surface area contributed by atoms with Gasteiger partial charge in [-0.3, -0.25) is 0 Å². The first-order chi connectivity index (χ1) is 19.6. The minimum absolute atomic E-state index is 0.00854. The van der Waals surface area contributed by atoms with Gasteiger partial charge in [0, 0.05) is 22.7 Å². The second-order valence-electron chi connectivity index (χ2n) is 15.1. The number of hydrogen-bond donors (Lipinski definition) is 0. The topological polar surface area (TPSA) is 0 Å². The van der Waals surface area contributed by atoms with E-state index in [0.717, 1.165) is 11.8 Å². The first-order valence-corrected chi connectivity index (χ1v) is 22.3. The quantitative estimate of drug-likeness (QED) is 0.266. The van der Waals surface area contributed by atoms with Gasteiger partial charge in [-0.2, -0.15) is 0 Å². The van der Waals surface area contributed by atoms with Gasteiger partial charge in [0.2, 0.25) is 0 Å². The molecular weight excluding hydrogens is 580 g/mol. The molecule has 0 fully saturated rings. The van der Waals surface area contributed by atoms with Crippen LogP contribution in [0.4, 0.5) is 0 Å². The minimum atomic E-state index is -0.00854. The predicted octanol–water partition coefficient (Wildman–Crippen LogP) is 13.5. The molecule has 8 atom stereocenters. The molecule has 4 heteroatoms. The summed E-state index contributed by atoms with van der Waals surface area (Å²) < 4.78 is 0. The normalized spacial score (nSPS) is 41.6. The molecule has 0 amide bonds. The molecule has 0 aromatic rings. The molecule has 0 saturated carbocycles. The lowest BCUT2D eigenvalue weighted by Crippen LogP contribution is -2.17. The van der Waals surface area contributed by atoms with E-state index in [1.807, 2.05) is 21.3 Å². The molecule has 0 saturated heterocycles. The van der Waals surface area contributed by atoms with Crippen molar-refractivity contribution >= 4 is 31.7 Å². The van der Waals surface area contributed by atoms with Crippen LogP contribution in [0.15, 0.2) is 87.1 Å². The molecule has 8 bridgehead atoms. The van der Waals surface area contributed by atoms with Crippen molar-refractivity contribution in [1.29, 1.82) is 0 Å². The summed E-state index contributed by atoms with van der Waals surface area (Å²) >= 11 is 0. The van der Waals surface area contributed by atoms with Gasteiger partial charge in [-0.25, -0.2) is 0 Å². The molecule has 224 valence electrons. The molecule has 0 nitrogen and oxygen atoms in total. The van der Waals surface area contributed by atoms with E-state index in [1.165, 1.54) is 24.6 Å². The maximum absolute atomic E-state index is 2.50. The number of hydrogen-bond acceptors (Lipinski definition) is 0. The summed E-state index contributed by atoms with van der Waals surface area (Å²) in [5.74, 6) is 1.58. The Labute approximate surface area is 262 Å². The molecular formula is C38H52P4. The molecule has 0 aromatic heterocycles. The van der Waals surface area contributed by atoms with E-state index < -0.39 is 0 Å². The Hall–Kier alpha value is -0.360. The molecule has 0 unspecified atom stereocenters. The highest BCUT2D eigenvalue weighted by molar-refractivity contribution is 7.73. The van der Waals surface area contributed by atoms with Crippen LogP contribution in [0.25, 0.3) is 0 Å². The zero-order valence-electron chi connectivity index (χ0n) is 28.8. The summed E-state index contributed by atoms with van der Waals surface area (Å²) in [6.07, 6.45) is 5.69. The summed E-state index contributed by atoms with van der Waals surface area (Å²) in [5, 5.41) is 14.4. The van der Waals surface area contributed by atoms with E-state index >= 15 is 0 Å². The zero-order valence-corrected chi connectivity index (χ0v) is 32.3. The van der Waals surface area contributed by atoms with Crippen molar-refractivity contribution in [3.63, 3.8) is 0 Å². The van der Waals surface area contributed by atoms with Crippen molar-refractivity contribution in [2.24, 2.45) is 22.7 Å². The van der Waals surface area contributed by atoms with Crippen molar-refractivity contribution in [1.82, 2.24) is 0 Å². The Morgan fingerprint density at radius 1 is 0.405 bits per heavy atom. The van der Waals surface area contributed by atoms with E-state index in [-0.39, 0.29) is 31.7 Å². The van der Waals surface area contributed by atoms with Crippen LogP contribution in [0, 0.1) is 22.7 Å². The fraction of sp³-hybridized carbons (Fsp3) is 0.579. The lowest BCUT2D eigenvalue weighted by Gasteiger charge is -2.31. The van der Waals surface area contributed by atoms with Crippen LogP contribution in [-0.2, 0) is 0 Å². The third kappa shape index (κ3) is 3.52. The Balaban J connectivity index is 0.000000137. The molecule has 0 aliphatic carbocycles. The average molecular weight is 633 g/mol. The van der Waals surface area contributed by atoms with Crippen LogP contribution in [0.3, 0.4) is 0 Å². The van der Waals surface area contributed by atoms with Crippen LogP contribution in [0.5, 0.6) is 0 Å². The second-order valence-corrected chi connectivity index (χ2v) is 24.4. The van der Waals surface area contributed by atoms with Gasteiger partial charge in [0.05, 0.1) is 0 Å². The Bertz CT molecular complexity index is 1520. The third-order valence-corrected chi connectivity index (χ3v) is 26.7. The van der Waals surface area contributed by atoms with Gasteiger partial charge in [0.25, 0.3) is 0 Å². The largest absolute Gasteiger partial charge is 0.0620 e. The van der Waals surface area contributed by atoms with E-state index in [1.54, 1.807) is 65.8 Å². The predicted molar refractivity (Wildman–Crippen MR) is 195 cm³/mol. The van der Waals surface area contributed by atoms with Gasteiger partial charge in [-0.1, -0.05) is 58.4 Å². The van der Waals surface area contributed by atoms with Crippen molar-refractivity contribution in [3.05, 3.63) is 87.1 Å². The summed E-state index contributed by atoms with van der Waals surface area (Å²) in [6.45, 7) is 34.0. The summed E-state index contributed by atoms with van der Waals surface area (Å²) in [5.41, 5.74) is 14.5. The van der Waals surface area contributed by atoms with E-state index in [4.69, 9.17) is 0 Å². The lowest BCUT2D eigenvalue weighted by molar-refractivity contribution is 0.561. The summed E-state index contributed by atoms with van der Waals surface area (Å²) in [6, 6.07) is 0. The van der Waals surface area contributed by atoms with Gasteiger partial charge in [-0.05, 0) is 182 Å². The molecule has 8 aliphatic rings. The van der Waals surface area contributed by atoms with Crippen LogP contribution in [0.2, 0.25) is 0 Å². The monoisotopic (exact) mass is 632 g/mol. The zero-order chi connectivity index (χ0) is 30.5. The van der Waals surface area contributed by atoms with Crippen molar-refractivity contribution in [2.75, 3.05) is 24.6 Å². The third-order valence-electron chi connectivity index (χ3n) is 13.9. The Kier molecular flexibility index (Phi) is 6.91.